The lowest BCUT2D eigenvalue weighted by atomic mass is 10.3. The van der Waals surface area contributed by atoms with E-state index in [0.717, 1.165) is 3.79 Å². The third kappa shape index (κ3) is 2.64. The Morgan fingerprint density at radius 1 is 1.39 bits per heavy atom. The zero-order valence-electron chi connectivity index (χ0n) is 10.1. The summed E-state index contributed by atoms with van der Waals surface area (Å²) in [5, 5.41) is 0. The van der Waals surface area contributed by atoms with Gasteiger partial charge in [-0.15, -0.1) is 11.3 Å². The summed E-state index contributed by atoms with van der Waals surface area (Å²) in [6.07, 6.45) is 3.37. The quantitative estimate of drug-likeness (QED) is 0.810. The van der Waals surface area contributed by atoms with Crippen LogP contribution in [-0.2, 0) is 6.54 Å². The van der Waals surface area contributed by atoms with Gasteiger partial charge in [0, 0.05) is 18.4 Å². The molecule has 0 bridgehead atoms. The minimum Gasteiger partial charge on any atom is -0.297 e. The normalized spacial score (nSPS) is 11.1. The van der Waals surface area contributed by atoms with E-state index < -0.39 is 0 Å². The van der Waals surface area contributed by atoms with Crippen molar-refractivity contribution in [2.24, 2.45) is 0 Å². The summed E-state index contributed by atoms with van der Waals surface area (Å²) < 4.78 is 3.96. The Hall–Kier alpha value is -1.14. The van der Waals surface area contributed by atoms with Crippen molar-refractivity contribution in [2.75, 3.05) is 0 Å². The summed E-state index contributed by atoms with van der Waals surface area (Å²) in [4.78, 5) is 24.6. The van der Waals surface area contributed by atoms with E-state index in [-0.39, 0.29) is 24.1 Å². The molecule has 2 aromatic heterocycles. The first-order chi connectivity index (χ1) is 8.49. The van der Waals surface area contributed by atoms with E-state index in [2.05, 4.69) is 15.9 Å². The Morgan fingerprint density at radius 3 is 2.61 bits per heavy atom. The van der Waals surface area contributed by atoms with E-state index in [0.29, 0.717) is 4.88 Å². The van der Waals surface area contributed by atoms with Crippen LogP contribution in [0, 0.1) is 0 Å². The van der Waals surface area contributed by atoms with Crippen LogP contribution in [0.3, 0.4) is 0 Å². The lowest BCUT2D eigenvalue weighted by Crippen LogP contribution is -2.27. The van der Waals surface area contributed by atoms with Crippen molar-refractivity contribution in [3.05, 3.63) is 43.7 Å². The monoisotopic (exact) mass is 328 g/mol. The number of imidazole rings is 1. The van der Waals surface area contributed by atoms with Crippen molar-refractivity contribution >= 4 is 33.0 Å². The molecule has 4 nitrogen and oxygen atoms in total. The zero-order valence-corrected chi connectivity index (χ0v) is 12.5. The maximum atomic E-state index is 12.0. The molecule has 2 rings (SSSR count). The first-order valence-electron chi connectivity index (χ1n) is 5.55. The third-order valence-electron chi connectivity index (χ3n) is 2.59. The summed E-state index contributed by atoms with van der Waals surface area (Å²) >= 11 is 4.70. The lowest BCUT2D eigenvalue weighted by Gasteiger charge is -2.04. The molecule has 0 atom stereocenters. The summed E-state index contributed by atoms with van der Waals surface area (Å²) in [5.41, 5.74) is -0.144. The molecule has 0 fully saturated rings. The smallest absolute Gasteiger partial charge is 0.297 e. The molecule has 0 N–H and O–H groups in total. The molecule has 0 saturated heterocycles. The highest BCUT2D eigenvalue weighted by Gasteiger charge is 2.12. The average Bonchev–Trinajstić information content (AvgIpc) is 2.86. The average molecular weight is 329 g/mol. The van der Waals surface area contributed by atoms with E-state index >= 15 is 0 Å². The van der Waals surface area contributed by atoms with Crippen LogP contribution in [0.25, 0.3) is 0 Å². The molecular weight excluding hydrogens is 316 g/mol. The number of halogens is 1. The van der Waals surface area contributed by atoms with Gasteiger partial charge in [0.25, 0.3) is 0 Å². The van der Waals surface area contributed by atoms with E-state index in [4.69, 9.17) is 0 Å². The second kappa shape index (κ2) is 5.24. The second-order valence-corrected chi connectivity index (χ2v) is 6.70. The van der Waals surface area contributed by atoms with Crippen molar-refractivity contribution in [3.63, 3.8) is 0 Å². The zero-order chi connectivity index (χ0) is 13.3. The number of ketones is 1. The molecule has 18 heavy (non-hydrogen) atoms. The van der Waals surface area contributed by atoms with E-state index in [9.17, 15) is 9.59 Å². The van der Waals surface area contributed by atoms with E-state index in [1.165, 1.54) is 15.9 Å². The van der Waals surface area contributed by atoms with Crippen molar-refractivity contribution in [1.29, 1.82) is 0 Å². The summed E-state index contributed by atoms with van der Waals surface area (Å²) in [7, 11) is 0. The van der Waals surface area contributed by atoms with Crippen molar-refractivity contribution in [1.82, 2.24) is 9.13 Å². The summed E-state index contributed by atoms with van der Waals surface area (Å²) in [6, 6.07) is 3.70. The molecule has 96 valence electrons. The number of Topliss-reactive ketones (excluding diaryl/α,β-unsaturated/α-hetero) is 1. The summed E-state index contributed by atoms with van der Waals surface area (Å²) in [5.74, 6) is -0.0469. The Bertz CT molecular complexity index is 624. The van der Waals surface area contributed by atoms with E-state index in [1.807, 2.05) is 19.9 Å². The Morgan fingerprint density at radius 2 is 2.11 bits per heavy atom. The number of thiophene rings is 1. The Kier molecular flexibility index (Phi) is 3.87. The van der Waals surface area contributed by atoms with Gasteiger partial charge in [0.2, 0.25) is 0 Å². The minimum absolute atomic E-state index is 0.0469. The number of carbonyl (C=O) groups excluding carboxylic acids is 1. The van der Waals surface area contributed by atoms with Crippen LogP contribution in [0.5, 0.6) is 0 Å². The van der Waals surface area contributed by atoms with Crippen LogP contribution in [-0.4, -0.2) is 14.9 Å². The van der Waals surface area contributed by atoms with Crippen molar-refractivity contribution in [3.8, 4) is 0 Å². The fraction of sp³-hybridized carbons (Fsp3) is 0.333. The summed E-state index contributed by atoms with van der Waals surface area (Å²) in [6.45, 7) is 3.96. The van der Waals surface area contributed by atoms with Gasteiger partial charge in [-0.3, -0.25) is 13.9 Å². The van der Waals surface area contributed by atoms with Gasteiger partial charge in [0.05, 0.1) is 15.2 Å². The number of nitrogens with zero attached hydrogens (tertiary/aromatic N) is 2. The maximum absolute atomic E-state index is 12.0. The topological polar surface area (TPSA) is 44.0 Å². The fourth-order valence-corrected chi connectivity index (χ4v) is 2.95. The number of carbonyl (C=O) groups is 1. The number of aromatic nitrogens is 2. The predicted octanol–water partition coefficient (Wildman–Crippen LogP) is 2.94. The first kappa shape index (κ1) is 13.3. The molecule has 0 aliphatic carbocycles. The van der Waals surface area contributed by atoms with Crippen LogP contribution in [0.4, 0.5) is 0 Å². The lowest BCUT2D eigenvalue weighted by molar-refractivity contribution is 0.0974. The van der Waals surface area contributed by atoms with Crippen LogP contribution < -0.4 is 5.69 Å². The Labute approximate surface area is 117 Å². The maximum Gasteiger partial charge on any atom is 0.328 e. The van der Waals surface area contributed by atoms with Gasteiger partial charge in [-0.2, -0.15) is 0 Å². The van der Waals surface area contributed by atoms with Crippen LogP contribution in [0.1, 0.15) is 29.6 Å². The molecule has 0 spiro atoms. The van der Waals surface area contributed by atoms with Crippen LogP contribution in [0.2, 0.25) is 0 Å². The molecule has 0 aliphatic heterocycles. The standard InChI is InChI=1S/C12H13BrN2O2S/c1-8(2)15-6-5-14(12(15)17)7-9(16)10-3-4-11(13)18-10/h3-6,8H,7H2,1-2H3. The molecular formula is C12H13BrN2O2S. The Balaban J connectivity index is 2.20. The largest absolute Gasteiger partial charge is 0.328 e. The number of hydrogen-bond donors (Lipinski definition) is 0. The molecule has 0 amide bonds. The van der Waals surface area contributed by atoms with Gasteiger partial charge in [-0.25, -0.2) is 4.79 Å². The number of rotatable bonds is 4. The van der Waals surface area contributed by atoms with Gasteiger partial charge in [0.15, 0.2) is 5.78 Å². The van der Waals surface area contributed by atoms with Gasteiger partial charge in [0.1, 0.15) is 0 Å². The van der Waals surface area contributed by atoms with Gasteiger partial charge >= 0.3 is 5.69 Å². The van der Waals surface area contributed by atoms with E-state index in [1.54, 1.807) is 23.0 Å². The highest BCUT2D eigenvalue weighted by atomic mass is 79.9. The van der Waals surface area contributed by atoms with Crippen molar-refractivity contribution in [2.45, 2.75) is 26.4 Å². The first-order valence-corrected chi connectivity index (χ1v) is 7.16. The van der Waals surface area contributed by atoms with Gasteiger partial charge in [-0.1, -0.05) is 0 Å². The van der Waals surface area contributed by atoms with Gasteiger partial charge < -0.3 is 0 Å². The molecule has 0 radical (unpaired) electrons. The molecule has 0 aromatic carbocycles. The molecule has 0 unspecified atom stereocenters. The molecule has 0 aliphatic rings. The predicted molar refractivity (Wildman–Crippen MR) is 75.4 cm³/mol. The van der Waals surface area contributed by atoms with Gasteiger partial charge in [-0.05, 0) is 41.9 Å². The van der Waals surface area contributed by atoms with Crippen LogP contribution >= 0.6 is 27.3 Å². The molecule has 2 heterocycles. The molecule has 6 heteroatoms. The van der Waals surface area contributed by atoms with Crippen LogP contribution in [0.15, 0.2) is 33.1 Å². The van der Waals surface area contributed by atoms with Crippen molar-refractivity contribution < 1.29 is 4.79 Å². The fourth-order valence-electron chi connectivity index (χ4n) is 1.64. The third-order valence-corrected chi connectivity index (χ3v) is 4.26. The SMILES string of the molecule is CC(C)n1ccn(CC(=O)c2ccc(Br)s2)c1=O. The second-order valence-electron chi connectivity index (χ2n) is 4.24. The highest BCUT2D eigenvalue weighted by Crippen LogP contribution is 2.22. The molecule has 0 saturated carbocycles. The minimum atomic E-state index is -0.144. The highest BCUT2D eigenvalue weighted by molar-refractivity contribution is 9.11. The number of hydrogen-bond acceptors (Lipinski definition) is 3. The molecule has 2 aromatic rings.